The maximum absolute atomic E-state index is 11.8. The zero-order valence-electron chi connectivity index (χ0n) is 38.0. The summed E-state index contributed by atoms with van der Waals surface area (Å²) in [5.74, 6) is 1.03. The van der Waals surface area contributed by atoms with Gasteiger partial charge in [-0.15, -0.1) is 0 Å². The van der Waals surface area contributed by atoms with Crippen LogP contribution < -0.4 is 5.73 Å². The first kappa shape index (κ1) is 52.3. The van der Waals surface area contributed by atoms with Crippen molar-refractivity contribution in [1.29, 1.82) is 0 Å². The van der Waals surface area contributed by atoms with Crippen molar-refractivity contribution in [3.05, 3.63) is 72.9 Å². The maximum Gasteiger partial charge on any atom is 0.169 e. The average molecular weight is 778 g/mol. The minimum Gasteiger partial charge on any atom is -0.365 e. The van der Waals surface area contributed by atoms with Gasteiger partial charge in [-0.25, -0.2) is 0 Å². The Kier molecular flexibility index (Phi) is 35.1. The molecule has 0 heterocycles. The molecule has 0 aromatic rings. The van der Waals surface area contributed by atoms with Crippen molar-refractivity contribution < 1.29 is 9.84 Å². The molecule has 0 bridgehead atoms. The minimum atomic E-state index is -1.06. The van der Waals surface area contributed by atoms with Gasteiger partial charge in [0.25, 0.3) is 0 Å². The lowest BCUT2D eigenvalue weighted by atomic mass is 9.83. The highest BCUT2D eigenvalue weighted by molar-refractivity contribution is 4.94. The lowest BCUT2D eigenvalue weighted by Crippen LogP contribution is -2.40. The lowest BCUT2D eigenvalue weighted by molar-refractivity contribution is -0.239. The second kappa shape index (κ2) is 37.6. The Labute approximate surface area is 350 Å². The van der Waals surface area contributed by atoms with E-state index in [9.17, 15) is 5.11 Å². The first-order valence-electron chi connectivity index (χ1n) is 24.3. The third-order valence-corrected chi connectivity index (χ3v) is 11.9. The van der Waals surface area contributed by atoms with E-state index >= 15 is 0 Å². The van der Waals surface area contributed by atoms with Crippen molar-refractivity contribution in [2.75, 3.05) is 0 Å². The van der Waals surface area contributed by atoms with Gasteiger partial charge in [-0.3, -0.25) is 0 Å². The molecule has 3 N–H and O–H groups in total. The Morgan fingerprint density at radius 1 is 0.571 bits per heavy atom. The molecule has 0 saturated heterocycles. The molecule has 1 fully saturated rings. The van der Waals surface area contributed by atoms with Crippen molar-refractivity contribution in [3.63, 3.8) is 0 Å². The van der Waals surface area contributed by atoms with Crippen LogP contribution in [0, 0.1) is 17.8 Å². The summed E-state index contributed by atoms with van der Waals surface area (Å²) in [7, 11) is 0. The van der Waals surface area contributed by atoms with E-state index in [1.54, 1.807) is 0 Å². The van der Waals surface area contributed by atoms with Crippen LogP contribution in [0.25, 0.3) is 0 Å². The lowest BCUT2D eigenvalue weighted by Gasteiger charge is -2.37. The quantitative estimate of drug-likeness (QED) is 0.0375. The molecule has 0 aromatic heterocycles. The van der Waals surface area contributed by atoms with Gasteiger partial charge in [0.05, 0.1) is 6.10 Å². The minimum absolute atomic E-state index is 0.120. The average Bonchev–Trinajstić information content (AvgIpc) is 3.18. The van der Waals surface area contributed by atoms with Crippen LogP contribution in [-0.2, 0) is 4.74 Å². The first-order chi connectivity index (χ1) is 27.3. The van der Waals surface area contributed by atoms with E-state index < -0.39 is 5.79 Å². The maximum atomic E-state index is 11.8. The summed E-state index contributed by atoms with van der Waals surface area (Å²) in [6, 6.07) is 0.194. The number of aliphatic hydroxyl groups is 1. The van der Waals surface area contributed by atoms with E-state index in [0.717, 1.165) is 69.6 Å². The zero-order chi connectivity index (χ0) is 40.8. The van der Waals surface area contributed by atoms with Crippen molar-refractivity contribution in [2.45, 2.75) is 245 Å². The molecular formula is C53H95NO2. The summed E-state index contributed by atoms with van der Waals surface area (Å²) in [5.41, 5.74) is 6.29. The Morgan fingerprint density at radius 2 is 1.12 bits per heavy atom. The van der Waals surface area contributed by atoms with E-state index in [1.165, 1.54) is 128 Å². The van der Waals surface area contributed by atoms with Crippen molar-refractivity contribution >= 4 is 0 Å². The Morgan fingerprint density at radius 3 is 1.77 bits per heavy atom. The molecule has 3 nitrogen and oxygen atoms in total. The molecule has 1 rings (SSSR count). The molecule has 3 unspecified atom stereocenters. The molecule has 0 aromatic carbocycles. The highest BCUT2D eigenvalue weighted by atomic mass is 16.6. The number of ether oxygens (including phenoxy) is 1. The molecule has 0 spiro atoms. The molecule has 0 amide bonds. The van der Waals surface area contributed by atoms with Gasteiger partial charge in [0.1, 0.15) is 0 Å². The number of hydrogen-bond donors (Lipinski definition) is 2. The van der Waals surface area contributed by atoms with Gasteiger partial charge in [0.2, 0.25) is 0 Å². The van der Waals surface area contributed by atoms with Gasteiger partial charge >= 0.3 is 0 Å². The molecule has 1 aliphatic rings. The van der Waals surface area contributed by atoms with E-state index in [0.29, 0.717) is 12.3 Å². The highest BCUT2D eigenvalue weighted by Gasteiger charge is 2.33. The van der Waals surface area contributed by atoms with Crippen LogP contribution >= 0.6 is 0 Å². The summed E-state index contributed by atoms with van der Waals surface area (Å²) >= 11 is 0. The van der Waals surface area contributed by atoms with Crippen molar-refractivity contribution in [1.82, 2.24) is 0 Å². The molecule has 1 saturated carbocycles. The van der Waals surface area contributed by atoms with Crippen molar-refractivity contribution in [3.8, 4) is 0 Å². The molecule has 1 aliphatic carbocycles. The fraction of sp³-hybridized carbons (Fsp3) is 0.774. The SMILES string of the molecule is CCCCC/C=C\C/C=C\CCCCC/C=C/CC(O)(CCCCCC(C)CCC/C=C\CC/C=C\CCC=CCC(C)CCC)O[C@H]1CCC[C@@H]([C@@H](C)N)C1. The van der Waals surface area contributed by atoms with E-state index in [2.05, 4.69) is 108 Å². The van der Waals surface area contributed by atoms with Crippen LogP contribution in [0.1, 0.15) is 227 Å². The molecule has 3 heteroatoms. The van der Waals surface area contributed by atoms with Gasteiger partial charge in [0.15, 0.2) is 5.79 Å². The van der Waals surface area contributed by atoms with Crippen LogP contribution in [0.3, 0.4) is 0 Å². The number of allylic oxidation sites excluding steroid dienone is 11. The predicted octanol–water partition coefficient (Wildman–Crippen LogP) is 16.4. The number of unbranched alkanes of at least 4 members (excludes halogenated alkanes) is 12. The molecule has 56 heavy (non-hydrogen) atoms. The second-order valence-corrected chi connectivity index (χ2v) is 17.8. The Balaban J connectivity index is 2.28. The molecular weight excluding hydrogens is 683 g/mol. The van der Waals surface area contributed by atoms with Crippen LogP contribution in [0.15, 0.2) is 72.9 Å². The van der Waals surface area contributed by atoms with E-state index in [4.69, 9.17) is 10.5 Å². The number of rotatable bonds is 37. The van der Waals surface area contributed by atoms with Gasteiger partial charge < -0.3 is 15.6 Å². The molecule has 324 valence electrons. The fourth-order valence-electron chi connectivity index (χ4n) is 8.10. The normalized spacial score (nSPS) is 19.8. The van der Waals surface area contributed by atoms with Gasteiger partial charge in [-0.2, -0.15) is 0 Å². The summed E-state index contributed by atoms with van der Waals surface area (Å²) < 4.78 is 6.58. The first-order valence-corrected chi connectivity index (χ1v) is 24.3. The zero-order valence-corrected chi connectivity index (χ0v) is 38.0. The second-order valence-electron chi connectivity index (χ2n) is 17.8. The molecule has 6 atom stereocenters. The highest BCUT2D eigenvalue weighted by Crippen LogP contribution is 2.33. The smallest absolute Gasteiger partial charge is 0.169 e. The fourth-order valence-corrected chi connectivity index (χ4v) is 8.10. The Hall–Kier alpha value is -1.68. The van der Waals surface area contributed by atoms with Crippen molar-refractivity contribution in [2.24, 2.45) is 23.5 Å². The van der Waals surface area contributed by atoms with Crippen LogP contribution in [-0.4, -0.2) is 23.0 Å². The number of hydrogen-bond acceptors (Lipinski definition) is 3. The van der Waals surface area contributed by atoms with Crippen LogP contribution in [0.2, 0.25) is 0 Å². The predicted molar refractivity (Wildman–Crippen MR) is 250 cm³/mol. The number of nitrogens with two attached hydrogens (primary N) is 1. The van der Waals surface area contributed by atoms with Gasteiger partial charge in [-0.05, 0) is 140 Å². The summed E-state index contributed by atoms with van der Waals surface area (Å²) in [4.78, 5) is 0. The standard InChI is InChI=1S/C53H95NO2/c1-6-8-9-10-11-12-13-14-15-16-19-22-25-28-31-36-45-53(55,56-52-44-38-43-51(47-52)50(5)54)46-37-32-35-42-49(4)41-34-30-27-24-21-18-17-20-23-26-29-33-40-48(3)39-7-2/h11-12,14-15,17,20,24,27,29,31,33,36,48-52,55H,6-10,13,16,18-19,21-23,25-26,28,30,32,34-35,37-47,54H2,1-5H3/b12-11-,15-14-,20-17-,27-24-,33-29?,36-31+/t48?,49?,50-,51-,52+,53?/m1/s1. The van der Waals surface area contributed by atoms with Gasteiger partial charge in [-0.1, -0.05) is 165 Å². The van der Waals surface area contributed by atoms with Gasteiger partial charge in [0, 0.05) is 18.9 Å². The monoisotopic (exact) mass is 778 g/mol. The Bertz CT molecular complexity index is 1040. The topological polar surface area (TPSA) is 55.5 Å². The van der Waals surface area contributed by atoms with E-state index in [1.807, 2.05) is 0 Å². The summed E-state index contributed by atoms with van der Waals surface area (Å²) in [5, 5.41) is 11.8. The van der Waals surface area contributed by atoms with Crippen LogP contribution in [0.4, 0.5) is 0 Å². The molecule has 0 aliphatic heterocycles. The largest absolute Gasteiger partial charge is 0.365 e. The van der Waals surface area contributed by atoms with Crippen LogP contribution in [0.5, 0.6) is 0 Å². The summed E-state index contributed by atoms with van der Waals surface area (Å²) in [6.45, 7) is 11.4. The third kappa shape index (κ3) is 32.3. The van der Waals surface area contributed by atoms with E-state index in [-0.39, 0.29) is 12.1 Å². The third-order valence-electron chi connectivity index (χ3n) is 11.9. The molecule has 0 radical (unpaired) electrons. The summed E-state index contributed by atoms with van der Waals surface area (Å²) in [6.07, 6.45) is 63.1.